The maximum absolute atomic E-state index is 13.2. The summed E-state index contributed by atoms with van der Waals surface area (Å²) >= 11 is 0. The van der Waals surface area contributed by atoms with Gasteiger partial charge in [0.1, 0.15) is 5.82 Å². The second-order valence-electron chi connectivity index (χ2n) is 9.77. The SMILES string of the molecule is Cc1cc(NC(=O)N[C@H](C)[C@H](O)CN2CCC[C@@H](Cc3ccc(F)cc3)C2)cc(-c2nnnn2C)c1. The van der Waals surface area contributed by atoms with Crippen molar-refractivity contribution in [1.82, 2.24) is 30.4 Å². The van der Waals surface area contributed by atoms with Gasteiger partial charge in [0.15, 0.2) is 5.82 Å². The van der Waals surface area contributed by atoms with Gasteiger partial charge in [0.05, 0.1) is 12.1 Å². The summed E-state index contributed by atoms with van der Waals surface area (Å²) in [6.45, 7) is 6.01. The lowest BCUT2D eigenvalue weighted by molar-refractivity contribution is 0.0662. The largest absolute Gasteiger partial charge is 0.390 e. The number of rotatable bonds is 8. The average Bonchev–Trinajstić information content (AvgIpc) is 3.26. The molecule has 1 aliphatic heterocycles. The molecule has 2 heterocycles. The quantitative estimate of drug-likeness (QED) is 0.443. The van der Waals surface area contributed by atoms with Gasteiger partial charge in [0, 0.05) is 31.4 Å². The summed E-state index contributed by atoms with van der Waals surface area (Å²) in [5, 5.41) is 28.0. The number of likely N-dealkylation sites (tertiary alicyclic amines) is 1. The molecule has 36 heavy (non-hydrogen) atoms. The molecule has 2 aromatic carbocycles. The van der Waals surface area contributed by atoms with Crippen molar-refractivity contribution in [2.24, 2.45) is 13.0 Å². The number of amides is 2. The molecular formula is C26H34FN7O2. The van der Waals surface area contributed by atoms with E-state index in [0.29, 0.717) is 24.0 Å². The lowest BCUT2D eigenvalue weighted by atomic mass is 9.91. The van der Waals surface area contributed by atoms with Crippen LogP contribution in [0.1, 0.15) is 30.9 Å². The molecule has 9 nitrogen and oxygen atoms in total. The molecule has 0 aliphatic carbocycles. The smallest absolute Gasteiger partial charge is 0.319 e. The number of β-amino-alcohol motifs (C(OH)–C–C–N with tert-alkyl or cyclic N) is 1. The highest BCUT2D eigenvalue weighted by molar-refractivity contribution is 5.90. The van der Waals surface area contributed by atoms with Gasteiger partial charge in [-0.15, -0.1) is 5.10 Å². The Bertz CT molecular complexity index is 1170. The number of aliphatic hydroxyl groups is 1. The highest BCUT2D eigenvalue weighted by Crippen LogP contribution is 2.23. The number of aromatic nitrogens is 4. The molecule has 1 aliphatic rings. The lowest BCUT2D eigenvalue weighted by Crippen LogP contribution is -2.49. The van der Waals surface area contributed by atoms with E-state index in [2.05, 4.69) is 31.1 Å². The van der Waals surface area contributed by atoms with Gasteiger partial charge in [0.25, 0.3) is 0 Å². The van der Waals surface area contributed by atoms with Gasteiger partial charge in [-0.05, 0) is 97.5 Å². The van der Waals surface area contributed by atoms with Gasteiger partial charge in [0.2, 0.25) is 0 Å². The molecule has 192 valence electrons. The number of piperidine rings is 1. The van der Waals surface area contributed by atoms with Crippen molar-refractivity contribution in [3.05, 3.63) is 59.4 Å². The maximum atomic E-state index is 13.2. The number of nitrogens with zero attached hydrogens (tertiary/aromatic N) is 5. The first kappa shape index (κ1) is 25.7. The highest BCUT2D eigenvalue weighted by atomic mass is 19.1. The molecule has 3 atom stereocenters. The van der Waals surface area contributed by atoms with Gasteiger partial charge < -0.3 is 20.6 Å². The Morgan fingerprint density at radius 3 is 2.75 bits per heavy atom. The van der Waals surface area contributed by atoms with Gasteiger partial charge in [-0.2, -0.15) is 0 Å². The minimum Gasteiger partial charge on any atom is -0.390 e. The Morgan fingerprint density at radius 2 is 2.03 bits per heavy atom. The van der Waals surface area contributed by atoms with Gasteiger partial charge in [-0.1, -0.05) is 12.1 Å². The van der Waals surface area contributed by atoms with Crippen LogP contribution in [0.3, 0.4) is 0 Å². The number of tetrazole rings is 1. The number of carbonyl (C=O) groups is 1. The topological polar surface area (TPSA) is 108 Å². The van der Waals surface area contributed by atoms with E-state index in [1.54, 1.807) is 18.7 Å². The first-order valence-electron chi connectivity index (χ1n) is 12.3. The molecule has 0 radical (unpaired) electrons. The van der Waals surface area contributed by atoms with Crippen molar-refractivity contribution in [3.8, 4) is 11.4 Å². The minimum atomic E-state index is -0.710. The molecule has 2 amide bonds. The molecule has 1 saturated heterocycles. The number of benzene rings is 2. The zero-order valence-electron chi connectivity index (χ0n) is 21.0. The average molecular weight is 496 g/mol. The first-order valence-corrected chi connectivity index (χ1v) is 12.3. The summed E-state index contributed by atoms with van der Waals surface area (Å²) in [7, 11) is 1.76. The van der Waals surface area contributed by atoms with Crippen molar-refractivity contribution in [3.63, 3.8) is 0 Å². The van der Waals surface area contributed by atoms with Crippen LogP contribution in [0, 0.1) is 18.7 Å². The number of nitrogens with one attached hydrogen (secondary N) is 2. The number of aliphatic hydroxyl groups excluding tert-OH is 1. The second-order valence-corrected chi connectivity index (χ2v) is 9.77. The molecular weight excluding hydrogens is 461 g/mol. The molecule has 3 aromatic rings. The van der Waals surface area contributed by atoms with E-state index in [1.807, 2.05) is 37.3 Å². The Labute approximate surface area is 210 Å². The predicted octanol–water partition coefficient (Wildman–Crippen LogP) is 3.15. The Morgan fingerprint density at radius 1 is 1.25 bits per heavy atom. The third-order valence-electron chi connectivity index (χ3n) is 6.64. The Hall–Kier alpha value is -3.37. The fourth-order valence-corrected chi connectivity index (χ4v) is 4.79. The second kappa shape index (κ2) is 11.6. The van der Waals surface area contributed by atoms with Crippen molar-refractivity contribution in [1.29, 1.82) is 0 Å². The van der Waals surface area contributed by atoms with Crippen LogP contribution >= 0.6 is 0 Å². The van der Waals surface area contributed by atoms with Crippen molar-refractivity contribution in [2.45, 2.75) is 45.3 Å². The van der Waals surface area contributed by atoms with Crippen LogP contribution in [0.15, 0.2) is 42.5 Å². The Kier molecular flexibility index (Phi) is 8.27. The molecule has 3 N–H and O–H groups in total. The predicted molar refractivity (Wildman–Crippen MR) is 136 cm³/mol. The molecule has 0 spiro atoms. The molecule has 0 unspecified atom stereocenters. The number of anilines is 1. The summed E-state index contributed by atoms with van der Waals surface area (Å²) < 4.78 is 14.8. The van der Waals surface area contributed by atoms with E-state index in [-0.39, 0.29) is 11.8 Å². The molecule has 10 heteroatoms. The molecule has 1 aromatic heterocycles. The van der Waals surface area contributed by atoms with E-state index in [1.165, 1.54) is 12.1 Å². The fraction of sp³-hybridized carbons (Fsp3) is 0.462. The number of hydrogen-bond acceptors (Lipinski definition) is 6. The highest BCUT2D eigenvalue weighted by Gasteiger charge is 2.25. The Balaban J connectivity index is 1.28. The van der Waals surface area contributed by atoms with Gasteiger partial charge in [-0.3, -0.25) is 0 Å². The van der Waals surface area contributed by atoms with E-state index in [0.717, 1.165) is 49.0 Å². The number of urea groups is 1. The maximum Gasteiger partial charge on any atom is 0.319 e. The lowest BCUT2D eigenvalue weighted by Gasteiger charge is -2.35. The molecule has 0 saturated carbocycles. The van der Waals surface area contributed by atoms with Crippen LogP contribution in [0.2, 0.25) is 0 Å². The summed E-state index contributed by atoms with van der Waals surface area (Å²) in [4.78, 5) is 14.9. The van der Waals surface area contributed by atoms with E-state index in [4.69, 9.17) is 0 Å². The number of carbonyl (C=O) groups excluding carboxylic acids is 1. The summed E-state index contributed by atoms with van der Waals surface area (Å²) in [6, 6.07) is 11.5. The zero-order valence-corrected chi connectivity index (χ0v) is 21.0. The van der Waals surface area contributed by atoms with E-state index in [9.17, 15) is 14.3 Å². The standard InChI is InChI=1S/C26H34FN7O2/c1-17-11-21(25-30-31-32-33(25)3)14-23(12-17)29-26(36)28-18(2)24(35)16-34-10-4-5-20(15-34)13-19-6-8-22(27)9-7-19/h6-9,11-12,14,18,20,24,35H,4-5,10,13,15-16H2,1-3H3,(H2,28,29,36)/t18-,20+,24-/m1/s1. The van der Waals surface area contributed by atoms with Crippen LogP contribution in [0.5, 0.6) is 0 Å². The van der Waals surface area contributed by atoms with Crippen LogP contribution in [0.4, 0.5) is 14.9 Å². The normalized spacial score (nSPS) is 18.0. The van der Waals surface area contributed by atoms with Crippen molar-refractivity contribution in [2.75, 3.05) is 25.0 Å². The van der Waals surface area contributed by atoms with E-state index < -0.39 is 12.1 Å². The van der Waals surface area contributed by atoms with Crippen molar-refractivity contribution >= 4 is 11.7 Å². The fourth-order valence-electron chi connectivity index (χ4n) is 4.79. The number of aryl methyl sites for hydroxylation is 2. The zero-order chi connectivity index (χ0) is 25.7. The number of halogens is 1. The molecule has 0 bridgehead atoms. The molecule has 4 rings (SSSR count). The van der Waals surface area contributed by atoms with Gasteiger partial charge in [-0.25, -0.2) is 13.9 Å². The number of hydrogen-bond donors (Lipinski definition) is 3. The summed E-state index contributed by atoms with van der Waals surface area (Å²) in [5.74, 6) is 0.844. The van der Waals surface area contributed by atoms with Crippen LogP contribution < -0.4 is 10.6 Å². The van der Waals surface area contributed by atoms with Crippen LogP contribution in [-0.4, -0.2) is 68.0 Å². The summed E-state index contributed by atoms with van der Waals surface area (Å²) in [6.07, 6.45) is 2.35. The third kappa shape index (κ3) is 6.86. The third-order valence-corrected chi connectivity index (χ3v) is 6.64. The van der Waals surface area contributed by atoms with Crippen molar-refractivity contribution < 1.29 is 14.3 Å². The summed E-state index contributed by atoms with van der Waals surface area (Å²) in [5.41, 5.74) is 3.50. The van der Waals surface area contributed by atoms with Crippen LogP contribution in [0.25, 0.3) is 11.4 Å². The minimum absolute atomic E-state index is 0.219. The van der Waals surface area contributed by atoms with Gasteiger partial charge >= 0.3 is 6.03 Å². The first-order chi connectivity index (χ1) is 17.3. The molecule has 1 fully saturated rings. The van der Waals surface area contributed by atoms with E-state index >= 15 is 0 Å². The van der Waals surface area contributed by atoms with Crippen LogP contribution in [-0.2, 0) is 13.5 Å². The monoisotopic (exact) mass is 495 g/mol.